The van der Waals surface area contributed by atoms with E-state index >= 15 is 0 Å². The van der Waals surface area contributed by atoms with Crippen LogP contribution in [0.3, 0.4) is 0 Å². The minimum Gasteiger partial charge on any atom is -0.344 e. The minimum atomic E-state index is 0.415. The third-order valence-corrected chi connectivity index (χ3v) is 2.20. The molecule has 0 radical (unpaired) electrons. The molecule has 0 bridgehead atoms. The second kappa shape index (κ2) is 5.86. The van der Waals surface area contributed by atoms with Gasteiger partial charge in [-0.05, 0) is 25.8 Å². The topological polar surface area (TPSA) is 52.8 Å². The fourth-order valence-electron chi connectivity index (χ4n) is 1.35. The molecule has 0 unspecified atom stereocenters. The highest BCUT2D eigenvalue weighted by atomic mass is 15.2. The van der Waals surface area contributed by atoms with Crippen LogP contribution < -0.4 is 4.90 Å². The molecular formula is C12H16N4. The molecule has 4 heteroatoms. The van der Waals surface area contributed by atoms with Crippen LogP contribution in [0.5, 0.6) is 0 Å². The summed E-state index contributed by atoms with van der Waals surface area (Å²) in [7, 11) is 1.93. The minimum absolute atomic E-state index is 0.415. The molecule has 4 nitrogen and oxygen atoms in total. The summed E-state index contributed by atoms with van der Waals surface area (Å²) in [6, 6.07) is 3.72. The summed E-state index contributed by atoms with van der Waals surface area (Å²) >= 11 is 0. The summed E-state index contributed by atoms with van der Waals surface area (Å²) in [5.74, 6) is 0.612. The van der Waals surface area contributed by atoms with Gasteiger partial charge in [0, 0.05) is 19.3 Å². The number of hydrogen-bond donors (Lipinski definition) is 0. The predicted octanol–water partition coefficient (Wildman–Crippen LogP) is 2.06. The average Bonchev–Trinajstić information content (AvgIpc) is 2.28. The molecule has 0 aliphatic heterocycles. The van der Waals surface area contributed by atoms with Crippen LogP contribution >= 0.6 is 0 Å². The maximum Gasteiger partial charge on any atom is 0.226 e. The van der Waals surface area contributed by atoms with Crippen molar-refractivity contribution in [3.63, 3.8) is 0 Å². The Bertz CT molecular complexity index is 406. The van der Waals surface area contributed by atoms with E-state index in [1.807, 2.05) is 31.0 Å². The Morgan fingerprint density at radius 1 is 1.56 bits per heavy atom. The number of hydrogen-bond acceptors (Lipinski definition) is 4. The first kappa shape index (κ1) is 12.2. The fourth-order valence-corrected chi connectivity index (χ4v) is 1.35. The molecule has 0 saturated carbocycles. The van der Waals surface area contributed by atoms with Crippen LogP contribution in [0.4, 0.5) is 5.95 Å². The summed E-state index contributed by atoms with van der Waals surface area (Å²) in [4.78, 5) is 10.4. The molecular weight excluding hydrogens is 200 g/mol. The van der Waals surface area contributed by atoms with Crippen LogP contribution in [0.15, 0.2) is 18.7 Å². The Morgan fingerprint density at radius 2 is 2.31 bits per heavy atom. The molecule has 0 amide bonds. The van der Waals surface area contributed by atoms with Crippen molar-refractivity contribution in [2.24, 2.45) is 0 Å². The molecule has 16 heavy (non-hydrogen) atoms. The van der Waals surface area contributed by atoms with Crippen LogP contribution in [0.1, 0.15) is 24.2 Å². The van der Waals surface area contributed by atoms with E-state index in [4.69, 9.17) is 5.26 Å². The highest BCUT2D eigenvalue weighted by molar-refractivity contribution is 5.34. The molecule has 0 spiro atoms. The van der Waals surface area contributed by atoms with Crippen molar-refractivity contribution in [2.45, 2.75) is 19.8 Å². The van der Waals surface area contributed by atoms with Gasteiger partial charge >= 0.3 is 0 Å². The summed E-state index contributed by atoms with van der Waals surface area (Å²) < 4.78 is 0. The van der Waals surface area contributed by atoms with Crippen molar-refractivity contribution in [3.8, 4) is 6.07 Å². The molecule has 1 aromatic heterocycles. The van der Waals surface area contributed by atoms with Gasteiger partial charge in [-0.2, -0.15) is 5.26 Å². The summed E-state index contributed by atoms with van der Waals surface area (Å²) in [6.07, 6.45) is 3.88. The molecule has 1 heterocycles. The molecule has 0 aliphatic rings. The van der Waals surface area contributed by atoms with Crippen molar-refractivity contribution in [2.75, 3.05) is 18.5 Å². The Morgan fingerprint density at radius 3 is 2.94 bits per heavy atom. The van der Waals surface area contributed by atoms with Crippen molar-refractivity contribution in [1.82, 2.24) is 9.97 Å². The van der Waals surface area contributed by atoms with E-state index < -0.39 is 0 Å². The van der Waals surface area contributed by atoms with Gasteiger partial charge in [-0.15, -0.1) is 6.58 Å². The highest BCUT2D eigenvalue weighted by Gasteiger charge is 2.06. The lowest BCUT2D eigenvalue weighted by molar-refractivity contribution is 0.775. The van der Waals surface area contributed by atoms with Crippen molar-refractivity contribution in [3.05, 3.63) is 30.1 Å². The lowest BCUT2D eigenvalue weighted by Gasteiger charge is -2.16. The number of anilines is 1. The predicted molar refractivity (Wildman–Crippen MR) is 64.2 cm³/mol. The van der Waals surface area contributed by atoms with E-state index in [-0.39, 0.29) is 0 Å². The van der Waals surface area contributed by atoms with E-state index in [9.17, 15) is 0 Å². The standard InChI is InChI=1S/C12H16N4/c1-4-5-6-7-16(3)12-14-10(2)8-11(9-13)15-12/h4,8H,1,5-7H2,2-3H3. The molecule has 0 aliphatic carbocycles. The molecule has 1 aromatic rings. The number of nitrogens with zero attached hydrogens (tertiary/aromatic N) is 4. The number of nitriles is 1. The number of rotatable bonds is 5. The fraction of sp³-hybridized carbons (Fsp3) is 0.417. The zero-order valence-electron chi connectivity index (χ0n) is 9.77. The Labute approximate surface area is 96.3 Å². The zero-order valence-corrected chi connectivity index (χ0v) is 9.77. The SMILES string of the molecule is C=CCCCN(C)c1nc(C)cc(C#N)n1. The number of aryl methyl sites for hydroxylation is 1. The highest BCUT2D eigenvalue weighted by Crippen LogP contribution is 2.09. The van der Waals surface area contributed by atoms with E-state index in [2.05, 4.69) is 16.5 Å². The normalized spacial score (nSPS) is 9.56. The first-order valence-electron chi connectivity index (χ1n) is 5.25. The quantitative estimate of drug-likeness (QED) is 0.558. The van der Waals surface area contributed by atoms with Gasteiger partial charge in [0.05, 0.1) is 0 Å². The van der Waals surface area contributed by atoms with Gasteiger partial charge in [-0.1, -0.05) is 6.08 Å². The van der Waals surface area contributed by atoms with Crippen molar-refractivity contribution < 1.29 is 0 Å². The van der Waals surface area contributed by atoms with Crippen LogP contribution in [-0.4, -0.2) is 23.6 Å². The van der Waals surface area contributed by atoms with E-state index in [1.165, 1.54) is 0 Å². The number of unbranched alkanes of at least 4 members (excludes halogenated alkanes) is 1. The smallest absolute Gasteiger partial charge is 0.226 e. The second-order valence-electron chi connectivity index (χ2n) is 3.66. The molecule has 0 aromatic carbocycles. The van der Waals surface area contributed by atoms with Crippen LogP contribution in [0.25, 0.3) is 0 Å². The third kappa shape index (κ3) is 3.35. The number of aromatic nitrogens is 2. The van der Waals surface area contributed by atoms with Crippen LogP contribution in [0, 0.1) is 18.3 Å². The summed E-state index contributed by atoms with van der Waals surface area (Å²) in [5, 5.41) is 8.81. The van der Waals surface area contributed by atoms with Gasteiger partial charge < -0.3 is 4.90 Å². The van der Waals surface area contributed by atoms with Crippen LogP contribution in [0.2, 0.25) is 0 Å². The maximum atomic E-state index is 8.81. The molecule has 0 N–H and O–H groups in total. The summed E-state index contributed by atoms with van der Waals surface area (Å²) in [6.45, 7) is 6.41. The largest absolute Gasteiger partial charge is 0.344 e. The van der Waals surface area contributed by atoms with Crippen LogP contribution in [-0.2, 0) is 0 Å². The van der Waals surface area contributed by atoms with Gasteiger partial charge in [-0.25, -0.2) is 9.97 Å². The Hall–Kier alpha value is -1.89. The van der Waals surface area contributed by atoms with Crippen molar-refractivity contribution >= 4 is 5.95 Å². The van der Waals surface area contributed by atoms with Gasteiger partial charge in [-0.3, -0.25) is 0 Å². The monoisotopic (exact) mass is 216 g/mol. The molecule has 0 fully saturated rings. The van der Waals surface area contributed by atoms with E-state index in [1.54, 1.807) is 6.07 Å². The molecule has 1 rings (SSSR count). The van der Waals surface area contributed by atoms with Gasteiger partial charge in [0.25, 0.3) is 0 Å². The van der Waals surface area contributed by atoms with Crippen molar-refractivity contribution in [1.29, 1.82) is 5.26 Å². The van der Waals surface area contributed by atoms with E-state index in [0.29, 0.717) is 11.6 Å². The molecule has 0 atom stereocenters. The second-order valence-corrected chi connectivity index (χ2v) is 3.66. The average molecular weight is 216 g/mol. The van der Waals surface area contributed by atoms with Gasteiger partial charge in [0.2, 0.25) is 5.95 Å². The first-order chi connectivity index (χ1) is 7.67. The van der Waals surface area contributed by atoms with Gasteiger partial charge in [0.1, 0.15) is 11.8 Å². The Balaban J connectivity index is 2.75. The van der Waals surface area contributed by atoms with E-state index in [0.717, 1.165) is 25.1 Å². The Kier molecular flexibility index (Phi) is 4.46. The maximum absolute atomic E-state index is 8.81. The first-order valence-corrected chi connectivity index (χ1v) is 5.25. The number of allylic oxidation sites excluding steroid dienone is 1. The zero-order chi connectivity index (χ0) is 12.0. The summed E-state index contributed by atoms with van der Waals surface area (Å²) in [5.41, 5.74) is 1.23. The van der Waals surface area contributed by atoms with Gasteiger partial charge in [0.15, 0.2) is 0 Å². The molecule has 0 saturated heterocycles. The lowest BCUT2D eigenvalue weighted by Crippen LogP contribution is -2.21. The third-order valence-electron chi connectivity index (χ3n) is 2.20. The molecule has 84 valence electrons. The lowest BCUT2D eigenvalue weighted by atomic mass is 10.3.